The first kappa shape index (κ1) is 14.8. The van der Waals surface area contributed by atoms with E-state index in [4.69, 9.17) is 15.6 Å². The number of carbonyl (C=O) groups is 2. The molecular weight excluding hydrogens is 248 g/mol. The van der Waals surface area contributed by atoms with Crippen molar-refractivity contribution in [3.05, 3.63) is 23.8 Å². The average Bonchev–Trinajstić information content (AvgIpc) is 2.20. The summed E-state index contributed by atoms with van der Waals surface area (Å²) in [4.78, 5) is 22.3. The normalized spacial score (nSPS) is 10.9. The molecule has 0 spiro atoms. The molecule has 6 heteroatoms. The maximum absolute atomic E-state index is 11.6. The van der Waals surface area contributed by atoms with Gasteiger partial charge in [-0.25, -0.2) is 4.79 Å². The van der Waals surface area contributed by atoms with Crippen molar-refractivity contribution in [2.75, 3.05) is 11.1 Å². The molecule has 0 aliphatic carbocycles. The smallest absolute Gasteiger partial charge is 0.412 e. The lowest BCUT2D eigenvalue weighted by atomic mass is 10.1. The minimum Gasteiger partial charge on any atom is -0.481 e. The largest absolute Gasteiger partial charge is 0.481 e. The van der Waals surface area contributed by atoms with Gasteiger partial charge in [-0.15, -0.1) is 0 Å². The summed E-state index contributed by atoms with van der Waals surface area (Å²) in [5.74, 6) is -0.985. The number of hydrogen-bond donors (Lipinski definition) is 3. The lowest BCUT2D eigenvalue weighted by Gasteiger charge is -2.20. The number of anilines is 2. The van der Waals surface area contributed by atoms with E-state index in [1.165, 1.54) is 0 Å². The van der Waals surface area contributed by atoms with Crippen LogP contribution >= 0.6 is 0 Å². The van der Waals surface area contributed by atoms with Crippen molar-refractivity contribution in [3.63, 3.8) is 0 Å². The zero-order chi connectivity index (χ0) is 14.6. The van der Waals surface area contributed by atoms with E-state index in [1.807, 2.05) is 0 Å². The number of aliphatic carboxylic acids is 1. The number of rotatable bonds is 3. The Bertz CT molecular complexity index is 492. The van der Waals surface area contributed by atoms with Crippen LogP contribution in [0.4, 0.5) is 16.2 Å². The van der Waals surface area contributed by atoms with Gasteiger partial charge in [0.2, 0.25) is 0 Å². The molecule has 4 N–H and O–H groups in total. The van der Waals surface area contributed by atoms with Gasteiger partial charge in [0.05, 0.1) is 17.8 Å². The van der Waals surface area contributed by atoms with Gasteiger partial charge in [0.15, 0.2) is 0 Å². The summed E-state index contributed by atoms with van der Waals surface area (Å²) < 4.78 is 5.10. The van der Waals surface area contributed by atoms with E-state index in [9.17, 15) is 9.59 Å². The lowest BCUT2D eigenvalue weighted by Crippen LogP contribution is -2.27. The van der Waals surface area contributed by atoms with Crippen molar-refractivity contribution in [1.29, 1.82) is 0 Å². The van der Waals surface area contributed by atoms with Gasteiger partial charge in [-0.05, 0) is 32.4 Å². The van der Waals surface area contributed by atoms with Gasteiger partial charge in [0.1, 0.15) is 5.60 Å². The molecule has 1 aromatic carbocycles. The molecule has 1 rings (SSSR count). The maximum Gasteiger partial charge on any atom is 0.412 e. The number of carboxylic acid groups (broad SMARTS) is 1. The lowest BCUT2D eigenvalue weighted by molar-refractivity contribution is -0.136. The molecule has 0 bridgehead atoms. The molecule has 0 atom stereocenters. The molecule has 0 aliphatic heterocycles. The first-order valence-corrected chi connectivity index (χ1v) is 5.78. The molecule has 104 valence electrons. The Labute approximate surface area is 111 Å². The summed E-state index contributed by atoms with van der Waals surface area (Å²) in [6.45, 7) is 5.24. The second kappa shape index (κ2) is 5.60. The third-order valence-electron chi connectivity index (χ3n) is 2.17. The van der Waals surface area contributed by atoms with Crippen molar-refractivity contribution in [1.82, 2.24) is 0 Å². The molecule has 0 aromatic heterocycles. The second-order valence-electron chi connectivity index (χ2n) is 5.08. The number of nitrogens with one attached hydrogen (secondary N) is 1. The van der Waals surface area contributed by atoms with Crippen molar-refractivity contribution in [2.45, 2.75) is 32.8 Å². The van der Waals surface area contributed by atoms with Crippen LogP contribution in [0.1, 0.15) is 26.3 Å². The Balaban J connectivity index is 2.85. The summed E-state index contributed by atoms with van der Waals surface area (Å²) in [5, 5.41) is 11.3. The van der Waals surface area contributed by atoms with Crippen LogP contribution in [-0.2, 0) is 16.0 Å². The van der Waals surface area contributed by atoms with E-state index in [-0.39, 0.29) is 12.1 Å². The third-order valence-corrected chi connectivity index (χ3v) is 2.17. The molecule has 0 fully saturated rings. The first-order chi connectivity index (χ1) is 8.69. The summed E-state index contributed by atoms with van der Waals surface area (Å²) in [6, 6.07) is 4.82. The first-order valence-electron chi connectivity index (χ1n) is 5.78. The summed E-state index contributed by atoms with van der Waals surface area (Å²) in [6.07, 6.45) is -0.831. The molecule has 0 unspecified atom stereocenters. The second-order valence-corrected chi connectivity index (χ2v) is 5.08. The fourth-order valence-corrected chi connectivity index (χ4v) is 1.45. The summed E-state index contributed by atoms with van der Waals surface area (Å²) in [5.41, 5.74) is 6.21. The van der Waals surface area contributed by atoms with Gasteiger partial charge in [-0.3, -0.25) is 10.1 Å². The van der Waals surface area contributed by atoms with E-state index in [2.05, 4.69) is 5.32 Å². The van der Waals surface area contributed by atoms with Crippen LogP contribution in [0.15, 0.2) is 18.2 Å². The summed E-state index contributed by atoms with van der Waals surface area (Å²) >= 11 is 0. The highest BCUT2D eigenvalue weighted by Gasteiger charge is 2.17. The fourth-order valence-electron chi connectivity index (χ4n) is 1.45. The Morgan fingerprint density at radius 1 is 1.37 bits per heavy atom. The molecule has 0 saturated heterocycles. The number of nitrogens with two attached hydrogens (primary N) is 1. The molecule has 1 amide bonds. The molecule has 6 nitrogen and oxygen atoms in total. The average molecular weight is 266 g/mol. The number of ether oxygens (including phenoxy) is 1. The van der Waals surface area contributed by atoms with Crippen LogP contribution in [0.2, 0.25) is 0 Å². The van der Waals surface area contributed by atoms with E-state index < -0.39 is 17.7 Å². The minimum absolute atomic E-state index is 0.199. The Kier molecular flexibility index (Phi) is 4.37. The van der Waals surface area contributed by atoms with Gasteiger partial charge < -0.3 is 15.6 Å². The fraction of sp³-hybridized carbons (Fsp3) is 0.385. The monoisotopic (exact) mass is 266 g/mol. The van der Waals surface area contributed by atoms with Crippen LogP contribution in [0.25, 0.3) is 0 Å². The Morgan fingerprint density at radius 2 is 2.00 bits per heavy atom. The van der Waals surface area contributed by atoms with Crippen LogP contribution in [0, 0.1) is 0 Å². The number of carbonyl (C=O) groups excluding carboxylic acids is 1. The van der Waals surface area contributed by atoms with E-state index in [1.54, 1.807) is 39.0 Å². The highest BCUT2D eigenvalue weighted by atomic mass is 16.6. The number of para-hydroxylation sites is 1. The molecule has 0 heterocycles. The predicted molar refractivity (Wildman–Crippen MR) is 72.1 cm³/mol. The van der Waals surface area contributed by atoms with Crippen molar-refractivity contribution in [3.8, 4) is 0 Å². The van der Waals surface area contributed by atoms with Crippen molar-refractivity contribution >= 4 is 23.4 Å². The number of hydrogen-bond acceptors (Lipinski definition) is 4. The van der Waals surface area contributed by atoms with E-state index in [0.717, 1.165) is 0 Å². The van der Waals surface area contributed by atoms with Gasteiger partial charge in [-0.2, -0.15) is 0 Å². The SMILES string of the molecule is CC(C)(C)OC(=O)Nc1cccc(CC(=O)O)c1N. The van der Waals surface area contributed by atoms with Gasteiger partial charge >= 0.3 is 12.1 Å². The number of benzene rings is 1. The van der Waals surface area contributed by atoms with Gasteiger partial charge in [0, 0.05) is 0 Å². The molecular formula is C13H18N2O4. The number of carboxylic acids is 1. The zero-order valence-corrected chi connectivity index (χ0v) is 11.2. The highest BCUT2D eigenvalue weighted by Crippen LogP contribution is 2.24. The van der Waals surface area contributed by atoms with E-state index in [0.29, 0.717) is 11.3 Å². The predicted octanol–water partition coefficient (Wildman–Crippen LogP) is 2.24. The maximum atomic E-state index is 11.6. The highest BCUT2D eigenvalue weighted by molar-refractivity contribution is 5.90. The Morgan fingerprint density at radius 3 is 2.53 bits per heavy atom. The molecule has 0 radical (unpaired) electrons. The topological polar surface area (TPSA) is 102 Å². The zero-order valence-electron chi connectivity index (χ0n) is 11.2. The number of amides is 1. The van der Waals surface area contributed by atoms with E-state index >= 15 is 0 Å². The molecule has 19 heavy (non-hydrogen) atoms. The van der Waals surface area contributed by atoms with Crippen molar-refractivity contribution in [2.24, 2.45) is 0 Å². The van der Waals surface area contributed by atoms with Gasteiger partial charge in [0.25, 0.3) is 0 Å². The van der Waals surface area contributed by atoms with Gasteiger partial charge in [-0.1, -0.05) is 12.1 Å². The third kappa shape index (κ3) is 4.87. The quantitative estimate of drug-likeness (QED) is 0.728. The molecule has 0 aliphatic rings. The molecule has 0 saturated carbocycles. The molecule has 1 aromatic rings. The van der Waals surface area contributed by atoms with Crippen LogP contribution < -0.4 is 11.1 Å². The number of nitrogen functional groups attached to an aromatic ring is 1. The summed E-state index contributed by atoms with van der Waals surface area (Å²) in [7, 11) is 0. The standard InChI is InChI=1S/C13H18N2O4/c1-13(2,3)19-12(18)15-9-6-4-5-8(11(9)14)7-10(16)17/h4-6H,7,14H2,1-3H3,(H,15,18)(H,16,17). The van der Waals surface area contributed by atoms with Crippen LogP contribution in [0.5, 0.6) is 0 Å². The minimum atomic E-state index is -0.985. The van der Waals surface area contributed by atoms with Crippen LogP contribution in [0.3, 0.4) is 0 Å². The Hall–Kier alpha value is -2.24. The van der Waals surface area contributed by atoms with Crippen molar-refractivity contribution < 1.29 is 19.4 Å². The van der Waals surface area contributed by atoms with Crippen LogP contribution in [-0.4, -0.2) is 22.8 Å².